The van der Waals surface area contributed by atoms with E-state index < -0.39 is 0 Å². The Kier molecular flexibility index (Phi) is 4.91. The van der Waals surface area contributed by atoms with Crippen LogP contribution in [-0.4, -0.2) is 27.1 Å². The number of carbonyl (C=O) groups excluding carboxylic acids is 1. The van der Waals surface area contributed by atoms with Crippen molar-refractivity contribution in [2.45, 2.75) is 26.3 Å². The third kappa shape index (κ3) is 4.36. The fourth-order valence-electron chi connectivity index (χ4n) is 1.59. The van der Waals surface area contributed by atoms with Crippen molar-refractivity contribution in [3.8, 4) is 0 Å². The summed E-state index contributed by atoms with van der Waals surface area (Å²) in [5.41, 5.74) is 1.03. The van der Waals surface area contributed by atoms with E-state index in [0.717, 1.165) is 18.5 Å². The van der Waals surface area contributed by atoms with Crippen molar-refractivity contribution in [1.82, 2.24) is 19.9 Å². The van der Waals surface area contributed by atoms with Crippen LogP contribution in [-0.2, 0) is 13.0 Å². The van der Waals surface area contributed by atoms with Gasteiger partial charge in [-0.1, -0.05) is 13.3 Å². The molecular weight excluding hydrogens is 262 g/mol. The van der Waals surface area contributed by atoms with Gasteiger partial charge in [-0.15, -0.1) is 11.3 Å². The van der Waals surface area contributed by atoms with E-state index in [1.54, 1.807) is 12.5 Å². The summed E-state index contributed by atoms with van der Waals surface area (Å²) >= 11 is 1.45. The lowest BCUT2D eigenvalue weighted by Gasteiger charge is -2.05. The van der Waals surface area contributed by atoms with E-state index in [0.29, 0.717) is 18.2 Å². The van der Waals surface area contributed by atoms with E-state index in [-0.39, 0.29) is 6.03 Å². The molecule has 2 rings (SSSR count). The Bertz CT molecular complexity index is 508. The molecule has 0 aliphatic rings. The van der Waals surface area contributed by atoms with E-state index in [9.17, 15) is 4.79 Å². The molecule has 0 fully saturated rings. The molecule has 0 saturated carbocycles. The molecular formula is C12H17N5OS. The summed E-state index contributed by atoms with van der Waals surface area (Å²) in [6, 6.07) is -0.225. The number of aryl methyl sites for hydroxylation is 1. The Morgan fingerprint density at radius 3 is 3.16 bits per heavy atom. The summed E-state index contributed by atoms with van der Waals surface area (Å²) in [7, 11) is 0. The Hall–Kier alpha value is -1.89. The summed E-state index contributed by atoms with van der Waals surface area (Å²) < 4.78 is 1.91. The van der Waals surface area contributed by atoms with E-state index in [2.05, 4.69) is 27.5 Å². The SMILES string of the molecule is CCCc1csc(NC(=O)NCCn2ccnc2)n1. The maximum atomic E-state index is 11.6. The first-order valence-electron chi connectivity index (χ1n) is 6.23. The van der Waals surface area contributed by atoms with Gasteiger partial charge >= 0.3 is 6.03 Å². The van der Waals surface area contributed by atoms with Crippen LogP contribution in [0.1, 0.15) is 19.0 Å². The van der Waals surface area contributed by atoms with Crippen molar-refractivity contribution >= 4 is 22.5 Å². The Morgan fingerprint density at radius 1 is 1.53 bits per heavy atom. The maximum Gasteiger partial charge on any atom is 0.321 e. The zero-order valence-corrected chi connectivity index (χ0v) is 11.6. The molecule has 0 atom stereocenters. The third-order valence-corrected chi connectivity index (χ3v) is 3.30. The lowest BCUT2D eigenvalue weighted by Crippen LogP contribution is -2.31. The summed E-state index contributed by atoms with van der Waals surface area (Å²) in [6.07, 6.45) is 7.29. The van der Waals surface area contributed by atoms with Crippen molar-refractivity contribution in [3.63, 3.8) is 0 Å². The van der Waals surface area contributed by atoms with Crippen LogP contribution in [0.3, 0.4) is 0 Å². The third-order valence-electron chi connectivity index (χ3n) is 2.49. The van der Waals surface area contributed by atoms with Crippen LogP contribution < -0.4 is 10.6 Å². The summed E-state index contributed by atoms with van der Waals surface area (Å²) in [6.45, 7) is 3.36. The minimum Gasteiger partial charge on any atom is -0.336 e. The topological polar surface area (TPSA) is 71.8 Å². The largest absolute Gasteiger partial charge is 0.336 e. The van der Waals surface area contributed by atoms with Crippen molar-refractivity contribution in [1.29, 1.82) is 0 Å². The molecule has 6 nitrogen and oxygen atoms in total. The Morgan fingerprint density at radius 2 is 2.42 bits per heavy atom. The normalized spacial score (nSPS) is 10.4. The number of nitrogens with one attached hydrogen (secondary N) is 2. The Balaban J connectivity index is 1.71. The highest BCUT2D eigenvalue weighted by Gasteiger charge is 2.05. The molecule has 7 heteroatoms. The van der Waals surface area contributed by atoms with E-state index >= 15 is 0 Å². The number of urea groups is 1. The number of imidazole rings is 1. The van der Waals surface area contributed by atoms with Crippen molar-refractivity contribution in [3.05, 3.63) is 29.8 Å². The van der Waals surface area contributed by atoms with Crippen LogP contribution in [0.4, 0.5) is 9.93 Å². The van der Waals surface area contributed by atoms with Gasteiger partial charge in [0.2, 0.25) is 0 Å². The molecule has 2 amide bonds. The van der Waals surface area contributed by atoms with Gasteiger partial charge in [-0.25, -0.2) is 14.8 Å². The molecule has 0 aliphatic carbocycles. The predicted molar refractivity (Wildman–Crippen MR) is 75.4 cm³/mol. The monoisotopic (exact) mass is 279 g/mol. The van der Waals surface area contributed by atoms with Crippen LogP contribution in [0.2, 0.25) is 0 Å². The van der Waals surface area contributed by atoms with Crippen LogP contribution in [0.25, 0.3) is 0 Å². The molecule has 102 valence electrons. The molecule has 2 heterocycles. The average molecular weight is 279 g/mol. The van der Waals surface area contributed by atoms with Crippen LogP contribution in [0, 0.1) is 0 Å². The lowest BCUT2D eigenvalue weighted by atomic mass is 10.3. The van der Waals surface area contributed by atoms with Crippen LogP contribution in [0.15, 0.2) is 24.1 Å². The lowest BCUT2D eigenvalue weighted by molar-refractivity contribution is 0.251. The molecule has 0 aromatic carbocycles. The molecule has 2 aromatic rings. The van der Waals surface area contributed by atoms with Gasteiger partial charge in [0.05, 0.1) is 12.0 Å². The molecule has 2 N–H and O–H groups in total. The molecule has 2 aromatic heterocycles. The van der Waals surface area contributed by atoms with Gasteiger partial charge in [-0.3, -0.25) is 5.32 Å². The molecule has 19 heavy (non-hydrogen) atoms. The van der Waals surface area contributed by atoms with Gasteiger partial charge in [-0.05, 0) is 6.42 Å². The van der Waals surface area contributed by atoms with Crippen LogP contribution >= 0.6 is 11.3 Å². The van der Waals surface area contributed by atoms with Gasteiger partial charge in [0, 0.05) is 30.9 Å². The van der Waals surface area contributed by atoms with Gasteiger partial charge in [0.1, 0.15) is 0 Å². The average Bonchev–Trinajstić information content (AvgIpc) is 3.02. The highest BCUT2D eigenvalue weighted by molar-refractivity contribution is 7.13. The van der Waals surface area contributed by atoms with Gasteiger partial charge < -0.3 is 9.88 Å². The number of rotatable bonds is 6. The van der Waals surface area contributed by atoms with Gasteiger partial charge in [0.25, 0.3) is 0 Å². The number of hydrogen-bond acceptors (Lipinski definition) is 4. The first-order valence-corrected chi connectivity index (χ1v) is 7.11. The quantitative estimate of drug-likeness (QED) is 0.850. The number of anilines is 1. The minimum atomic E-state index is -0.225. The molecule has 0 bridgehead atoms. The fourth-order valence-corrected chi connectivity index (χ4v) is 2.33. The summed E-state index contributed by atoms with van der Waals surface area (Å²) in [5.74, 6) is 0. The van der Waals surface area contributed by atoms with Gasteiger partial charge in [-0.2, -0.15) is 0 Å². The number of aromatic nitrogens is 3. The highest BCUT2D eigenvalue weighted by Crippen LogP contribution is 2.16. The summed E-state index contributed by atoms with van der Waals surface area (Å²) in [5, 5.41) is 8.13. The second-order valence-electron chi connectivity index (χ2n) is 4.08. The predicted octanol–water partition coefficient (Wildman–Crippen LogP) is 2.11. The smallest absolute Gasteiger partial charge is 0.321 e. The maximum absolute atomic E-state index is 11.6. The molecule has 0 radical (unpaired) electrons. The standard InChI is InChI=1S/C12H17N5OS/c1-2-3-10-8-19-12(15-10)16-11(18)14-5-7-17-6-4-13-9-17/h4,6,8-9H,2-3,5,7H2,1H3,(H2,14,15,16,18). The number of carbonyl (C=O) groups is 1. The number of nitrogens with zero attached hydrogens (tertiary/aromatic N) is 3. The number of amides is 2. The highest BCUT2D eigenvalue weighted by atomic mass is 32.1. The number of thiazole rings is 1. The molecule has 0 unspecified atom stereocenters. The van der Waals surface area contributed by atoms with Crippen molar-refractivity contribution < 1.29 is 4.79 Å². The number of hydrogen-bond donors (Lipinski definition) is 2. The van der Waals surface area contributed by atoms with Crippen molar-refractivity contribution in [2.24, 2.45) is 0 Å². The van der Waals surface area contributed by atoms with E-state index in [1.165, 1.54) is 11.3 Å². The molecule has 0 spiro atoms. The Labute approximate surface area is 115 Å². The summed E-state index contributed by atoms with van der Waals surface area (Å²) in [4.78, 5) is 19.9. The first kappa shape index (κ1) is 13.5. The zero-order valence-electron chi connectivity index (χ0n) is 10.8. The van der Waals surface area contributed by atoms with Gasteiger partial charge in [0.15, 0.2) is 5.13 Å². The second kappa shape index (κ2) is 6.89. The minimum absolute atomic E-state index is 0.225. The fraction of sp³-hybridized carbons (Fsp3) is 0.417. The molecule has 0 aliphatic heterocycles. The zero-order chi connectivity index (χ0) is 13.5. The van der Waals surface area contributed by atoms with Crippen molar-refractivity contribution in [2.75, 3.05) is 11.9 Å². The molecule has 0 saturated heterocycles. The second-order valence-corrected chi connectivity index (χ2v) is 4.93. The van der Waals surface area contributed by atoms with Crippen LogP contribution in [0.5, 0.6) is 0 Å². The van der Waals surface area contributed by atoms with E-state index in [1.807, 2.05) is 16.1 Å². The van der Waals surface area contributed by atoms with E-state index in [4.69, 9.17) is 0 Å². The first-order chi connectivity index (χ1) is 9.28.